The van der Waals surface area contributed by atoms with Crippen LogP contribution in [0.1, 0.15) is 22.8 Å². The molecule has 4 rings (SSSR count). The number of anilines is 1. The van der Waals surface area contributed by atoms with Crippen LogP contribution >= 0.6 is 23.2 Å². The van der Waals surface area contributed by atoms with Crippen LogP contribution in [-0.2, 0) is 16.5 Å². The number of halogens is 2. The van der Waals surface area contributed by atoms with Crippen LogP contribution in [0, 0.1) is 0 Å². The number of benzene rings is 4. The van der Waals surface area contributed by atoms with Gasteiger partial charge in [0.05, 0.1) is 28.5 Å². The van der Waals surface area contributed by atoms with Crippen molar-refractivity contribution in [1.82, 2.24) is 0 Å². The first-order valence-electron chi connectivity index (χ1n) is 11.1. The Bertz CT molecular complexity index is 1710. The summed E-state index contributed by atoms with van der Waals surface area (Å²) in [4.78, 5) is 12.5. The predicted octanol–water partition coefficient (Wildman–Crippen LogP) is 3.71. The fourth-order valence-corrected chi connectivity index (χ4v) is 5.30. The second-order valence-electron chi connectivity index (χ2n) is 8.05. The Labute approximate surface area is 256 Å². The molecule has 0 fully saturated rings. The maximum atomic E-state index is 13.5. The molecule has 0 atom stereocenters. The van der Waals surface area contributed by atoms with Crippen molar-refractivity contribution in [2.75, 3.05) is 12.4 Å². The van der Waals surface area contributed by atoms with Gasteiger partial charge in [0.2, 0.25) is 0 Å². The van der Waals surface area contributed by atoms with Crippen LogP contribution in [0.15, 0.2) is 75.8 Å². The van der Waals surface area contributed by atoms with E-state index in [9.17, 15) is 22.9 Å². The molecule has 0 radical (unpaired) electrons. The average Bonchev–Trinajstić information content (AvgIpc) is 2.86. The van der Waals surface area contributed by atoms with E-state index < -0.39 is 26.7 Å². The van der Waals surface area contributed by atoms with Crippen molar-refractivity contribution in [3.05, 3.63) is 81.8 Å². The summed E-state index contributed by atoms with van der Waals surface area (Å²) in [7, 11) is -3.37. The molecule has 0 aliphatic heterocycles. The third-order valence-corrected chi connectivity index (χ3v) is 7.30. The maximum Gasteiger partial charge on any atom is 1.00 e. The molecule has 0 aromatic heterocycles. The van der Waals surface area contributed by atoms with Crippen molar-refractivity contribution in [2.45, 2.75) is 18.2 Å². The number of nitrogens with zero attached hydrogens (tertiary/aromatic N) is 2. The molecule has 0 unspecified atom stereocenters. The van der Waals surface area contributed by atoms with Gasteiger partial charge in [0, 0.05) is 10.9 Å². The molecule has 0 saturated heterocycles. The molecule has 4 aromatic carbocycles. The van der Waals surface area contributed by atoms with Crippen molar-refractivity contribution in [3.8, 4) is 11.5 Å². The summed E-state index contributed by atoms with van der Waals surface area (Å²) < 4.78 is 38.9. The SMILES string of the molecule is CCc1cc(Cl)c(S(=O)(=O)O)c(N=Nc2c([O-])c(C(=O)Nc3cccc(Cl)c3OC)cc3ccccc23)c1.[Na+]. The third-order valence-electron chi connectivity index (χ3n) is 5.65. The Balaban J connectivity index is 0.00000420. The van der Waals surface area contributed by atoms with Crippen LogP contribution in [0.5, 0.6) is 11.5 Å². The van der Waals surface area contributed by atoms with E-state index >= 15 is 0 Å². The van der Waals surface area contributed by atoms with Gasteiger partial charge in [0.25, 0.3) is 16.0 Å². The first-order valence-corrected chi connectivity index (χ1v) is 13.3. The van der Waals surface area contributed by atoms with Crippen LogP contribution in [0.4, 0.5) is 17.1 Å². The van der Waals surface area contributed by atoms with Gasteiger partial charge in [-0.2, -0.15) is 13.5 Å². The number of para-hydroxylation sites is 1. The number of rotatable bonds is 7. The van der Waals surface area contributed by atoms with Gasteiger partial charge >= 0.3 is 29.6 Å². The van der Waals surface area contributed by atoms with E-state index in [2.05, 4.69) is 15.5 Å². The van der Waals surface area contributed by atoms with E-state index in [0.717, 1.165) is 0 Å². The Morgan fingerprint density at radius 3 is 2.44 bits per heavy atom. The van der Waals surface area contributed by atoms with Crippen molar-refractivity contribution in [2.24, 2.45) is 10.2 Å². The molecular weight excluding hydrogens is 576 g/mol. The summed E-state index contributed by atoms with van der Waals surface area (Å²) in [6.07, 6.45) is 0.492. The molecular formula is C26H20Cl2N3NaO6S. The van der Waals surface area contributed by atoms with Gasteiger partial charge in [0.1, 0.15) is 10.6 Å². The predicted molar refractivity (Wildman–Crippen MR) is 144 cm³/mol. The van der Waals surface area contributed by atoms with Crippen molar-refractivity contribution in [1.29, 1.82) is 0 Å². The Morgan fingerprint density at radius 2 is 1.77 bits per heavy atom. The Morgan fingerprint density at radius 1 is 1.05 bits per heavy atom. The summed E-state index contributed by atoms with van der Waals surface area (Å²) in [5.74, 6) is -1.27. The van der Waals surface area contributed by atoms with E-state index in [1.165, 1.54) is 25.3 Å². The topological polar surface area (TPSA) is 140 Å². The van der Waals surface area contributed by atoms with Crippen LogP contribution in [0.25, 0.3) is 10.8 Å². The monoisotopic (exact) mass is 595 g/mol. The van der Waals surface area contributed by atoms with E-state index in [0.29, 0.717) is 22.8 Å². The number of methoxy groups -OCH3 is 1. The van der Waals surface area contributed by atoms with E-state index in [1.54, 1.807) is 42.5 Å². The summed E-state index contributed by atoms with van der Waals surface area (Å²) >= 11 is 12.2. The molecule has 13 heteroatoms. The Hall–Kier alpha value is -2.70. The molecule has 0 saturated carbocycles. The Kier molecular flexibility index (Phi) is 10.0. The second kappa shape index (κ2) is 12.6. The summed E-state index contributed by atoms with van der Waals surface area (Å²) in [5, 5.41) is 25.0. The third kappa shape index (κ3) is 6.55. The number of amides is 1. The molecule has 196 valence electrons. The quantitative estimate of drug-likeness (QED) is 0.189. The van der Waals surface area contributed by atoms with E-state index in [-0.39, 0.29) is 68.0 Å². The number of ether oxygens (including phenoxy) is 1. The molecule has 0 spiro atoms. The number of carbonyl (C=O) groups excluding carboxylic acids is 1. The number of hydrogen-bond acceptors (Lipinski definition) is 7. The first kappa shape index (κ1) is 30.8. The maximum absolute atomic E-state index is 13.5. The van der Waals surface area contributed by atoms with Crippen LogP contribution in [-0.4, -0.2) is 26.0 Å². The second-order valence-corrected chi connectivity index (χ2v) is 10.2. The molecule has 4 aromatic rings. The molecule has 39 heavy (non-hydrogen) atoms. The molecule has 0 bridgehead atoms. The average molecular weight is 596 g/mol. The first-order chi connectivity index (χ1) is 18.0. The zero-order chi connectivity index (χ0) is 27.6. The summed E-state index contributed by atoms with van der Waals surface area (Å²) in [6.45, 7) is 1.82. The number of hydrogen-bond donors (Lipinski definition) is 2. The smallest absolute Gasteiger partial charge is 0.870 e. The molecule has 9 nitrogen and oxygen atoms in total. The summed E-state index contributed by atoms with van der Waals surface area (Å²) in [5.41, 5.74) is 0.191. The number of aryl methyl sites for hydroxylation is 1. The van der Waals surface area contributed by atoms with Crippen LogP contribution in [0.2, 0.25) is 10.0 Å². The largest absolute Gasteiger partial charge is 1.00 e. The van der Waals surface area contributed by atoms with Gasteiger partial charge in [-0.3, -0.25) is 9.35 Å². The van der Waals surface area contributed by atoms with E-state index in [4.69, 9.17) is 27.9 Å². The van der Waals surface area contributed by atoms with Gasteiger partial charge in [-0.25, -0.2) is 0 Å². The zero-order valence-electron chi connectivity index (χ0n) is 21.0. The molecule has 0 heterocycles. The normalized spacial score (nSPS) is 11.4. The fourth-order valence-electron chi connectivity index (χ4n) is 3.85. The number of carbonyl (C=O) groups is 1. The number of azo groups is 1. The number of nitrogens with one attached hydrogen (secondary N) is 1. The minimum atomic E-state index is -4.76. The standard InChI is InChI=1S/C26H21Cl2N3O6S.Na/c1-3-14-11-19(28)25(38(34,35)36)21(12-14)30-31-22-16-8-5-4-7-15(16)13-17(23(22)32)26(33)29-20-10-6-9-18(27)24(20)37-2;/h4-13,32H,3H2,1-2H3,(H,29,33)(H,34,35,36);/q;+1/p-1. The van der Waals surface area contributed by atoms with Crippen LogP contribution in [0.3, 0.4) is 0 Å². The number of fused-ring (bicyclic) bond motifs is 1. The minimum absolute atomic E-state index is 0. The van der Waals surface area contributed by atoms with Gasteiger partial charge in [-0.05, 0) is 47.7 Å². The van der Waals surface area contributed by atoms with Gasteiger partial charge in [0.15, 0.2) is 5.75 Å². The minimum Gasteiger partial charge on any atom is -0.870 e. The molecule has 2 N–H and O–H groups in total. The zero-order valence-corrected chi connectivity index (χ0v) is 25.4. The summed E-state index contributed by atoms with van der Waals surface area (Å²) in [6, 6.07) is 15.7. The molecule has 0 aliphatic carbocycles. The van der Waals surface area contributed by atoms with Crippen LogP contribution < -0.4 is 44.7 Å². The molecule has 0 aliphatic rings. The van der Waals surface area contributed by atoms with Gasteiger partial charge in [-0.15, -0.1) is 5.11 Å². The van der Waals surface area contributed by atoms with Crippen molar-refractivity contribution < 1.29 is 57.2 Å². The van der Waals surface area contributed by atoms with Gasteiger partial charge in [-0.1, -0.05) is 66.2 Å². The van der Waals surface area contributed by atoms with Gasteiger partial charge < -0.3 is 15.2 Å². The van der Waals surface area contributed by atoms with Crippen molar-refractivity contribution >= 4 is 67.1 Å². The van der Waals surface area contributed by atoms with Crippen molar-refractivity contribution in [3.63, 3.8) is 0 Å². The van der Waals surface area contributed by atoms with E-state index in [1.807, 2.05) is 6.92 Å². The molecule has 1 amide bonds. The fraction of sp³-hybridized carbons (Fsp3) is 0.115.